The van der Waals surface area contributed by atoms with Crippen LogP contribution in [0.5, 0.6) is 0 Å². The lowest BCUT2D eigenvalue weighted by Gasteiger charge is -2.22. The standard InChI is InChI=1S/C18H20FN3O4/c1-20(10-12-6-2-5-9-14(12)19)15(23)11-21-16(24)17(25)22(18(21)26)13-7-3-4-8-13/h2,5-6,9,13H,3-4,7-8,10-11H2,1H3. The largest absolute Gasteiger partial charge is 0.340 e. The van der Waals surface area contributed by atoms with Crippen molar-refractivity contribution in [3.8, 4) is 0 Å². The number of urea groups is 1. The van der Waals surface area contributed by atoms with Crippen LogP contribution in [0.4, 0.5) is 9.18 Å². The molecule has 7 nitrogen and oxygen atoms in total. The molecule has 0 unspecified atom stereocenters. The van der Waals surface area contributed by atoms with Gasteiger partial charge in [0.1, 0.15) is 12.4 Å². The van der Waals surface area contributed by atoms with E-state index < -0.39 is 36.1 Å². The van der Waals surface area contributed by atoms with E-state index in [-0.39, 0.29) is 12.6 Å². The number of halogens is 1. The fourth-order valence-corrected chi connectivity index (χ4v) is 3.37. The quantitative estimate of drug-likeness (QED) is 0.588. The highest BCUT2D eigenvalue weighted by Crippen LogP contribution is 2.27. The molecule has 0 bridgehead atoms. The minimum Gasteiger partial charge on any atom is -0.340 e. The molecule has 2 fully saturated rings. The molecule has 0 spiro atoms. The number of rotatable bonds is 5. The summed E-state index contributed by atoms with van der Waals surface area (Å²) in [5, 5.41) is 0. The van der Waals surface area contributed by atoms with Crippen LogP contribution in [-0.2, 0) is 20.9 Å². The topological polar surface area (TPSA) is 78.0 Å². The number of imide groups is 2. The maximum absolute atomic E-state index is 13.7. The molecule has 0 radical (unpaired) electrons. The van der Waals surface area contributed by atoms with Gasteiger partial charge in [-0.25, -0.2) is 14.1 Å². The zero-order valence-electron chi connectivity index (χ0n) is 14.5. The van der Waals surface area contributed by atoms with E-state index in [1.807, 2.05) is 0 Å². The van der Waals surface area contributed by atoms with Crippen LogP contribution in [0.3, 0.4) is 0 Å². The predicted molar refractivity (Wildman–Crippen MR) is 89.1 cm³/mol. The van der Waals surface area contributed by atoms with Crippen molar-refractivity contribution in [1.82, 2.24) is 14.7 Å². The molecular formula is C18H20FN3O4. The van der Waals surface area contributed by atoms with Gasteiger partial charge in [0, 0.05) is 25.2 Å². The van der Waals surface area contributed by atoms with Gasteiger partial charge >= 0.3 is 17.8 Å². The molecule has 2 aliphatic rings. The second kappa shape index (κ2) is 7.23. The summed E-state index contributed by atoms with van der Waals surface area (Å²) < 4.78 is 13.7. The van der Waals surface area contributed by atoms with E-state index in [1.165, 1.54) is 18.0 Å². The van der Waals surface area contributed by atoms with E-state index in [9.17, 15) is 23.6 Å². The Kier molecular flexibility index (Phi) is 5.01. The lowest BCUT2D eigenvalue weighted by Crippen LogP contribution is -2.43. The second-order valence-corrected chi connectivity index (χ2v) is 6.63. The Morgan fingerprint density at radius 1 is 1.15 bits per heavy atom. The summed E-state index contributed by atoms with van der Waals surface area (Å²) in [4.78, 5) is 52.0. The zero-order valence-corrected chi connectivity index (χ0v) is 14.5. The van der Waals surface area contributed by atoms with Crippen LogP contribution in [0.15, 0.2) is 24.3 Å². The molecule has 5 amide bonds. The fraction of sp³-hybridized carbons (Fsp3) is 0.444. The first kappa shape index (κ1) is 18.0. The Labute approximate surface area is 150 Å². The first-order valence-electron chi connectivity index (χ1n) is 8.56. The van der Waals surface area contributed by atoms with E-state index in [2.05, 4.69) is 0 Å². The van der Waals surface area contributed by atoms with Crippen LogP contribution in [0.25, 0.3) is 0 Å². The Hall–Kier alpha value is -2.77. The number of hydrogen-bond donors (Lipinski definition) is 0. The fourth-order valence-electron chi connectivity index (χ4n) is 3.37. The Morgan fingerprint density at radius 2 is 1.81 bits per heavy atom. The van der Waals surface area contributed by atoms with Gasteiger partial charge in [-0.05, 0) is 18.9 Å². The van der Waals surface area contributed by atoms with Gasteiger partial charge in [-0.3, -0.25) is 19.3 Å². The number of amides is 5. The number of likely N-dealkylation sites (N-methyl/N-ethyl adjacent to an activating group) is 1. The number of hydrogen-bond acceptors (Lipinski definition) is 4. The minimum atomic E-state index is -0.977. The summed E-state index contributed by atoms with van der Waals surface area (Å²) >= 11 is 0. The van der Waals surface area contributed by atoms with E-state index in [1.54, 1.807) is 18.2 Å². The van der Waals surface area contributed by atoms with Crippen LogP contribution < -0.4 is 0 Å². The van der Waals surface area contributed by atoms with Gasteiger partial charge in [-0.1, -0.05) is 31.0 Å². The third-order valence-electron chi connectivity index (χ3n) is 4.86. The van der Waals surface area contributed by atoms with E-state index >= 15 is 0 Å². The Balaban J connectivity index is 1.66. The number of carbonyl (C=O) groups excluding carboxylic acids is 4. The molecule has 3 rings (SSSR count). The maximum Gasteiger partial charge on any atom is 0.334 e. The molecule has 1 aliphatic heterocycles. The van der Waals surface area contributed by atoms with E-state index in [0.29, 0.717) is 23.3 Å². The average molecular weight is 361 g/mol. The van der Waals surface area contributed by atoms with E-state index in [0.717, 1.165) is 17.7 Å². The molecule has 26 heavy (non-hydrogen) atoms. The van der Waals surface area contributed by atoms with Gasteiger partial charge in [-0.2, -0.15) is 0 Å². The molecular weight excluding hydrogens is 341 g/mol. The zero-order chi connectivity index (χ0) is 18.8. The molecule has 8 heteroatoms. The van der Waals surface area contributed by atoms with Crippen molar-refractivity contribution in [2.24, 2.45) is 0 Å². The minimum absolute atomic E-state index is 0.00200. The second-order valence-electron chi connectivity index (χ2n) is 6.63. The normalized spacial score (nSPS) is 18.2. The van der Waals surface area contributed by atoms with Gasteiger partial charge in [-0.15, -0.1) is 0 Å². The molecule has 0 N–H and O–H groups in total. The van der Waals surface area contributed by atoms with Gasteiger partial charge in [0.15, 0.2) is 0 Å². The first-order valence-corrected chi connectivity index (χ1v) is 8.56. The summed E-state index contributed by atoms with van der Waals surface area (Å²) in [6, 6.07) is 5.04. The molecule has 1 saturated carbocycles. The molecule has 1 saturated heterocycles. The third kappa shape index (κ3) is 3.31. The van der Waals surface area contributed by atoms with Crippen LogP contribution in [-0.4, -0.2) is 58.1 Å². The first-order chi connectivity index (χ1) is 12.4. The molecule has 1 aromatic carbocycles. The molecule has 138 valence electrons. The predicted octanol–water partition coefficient (Wildman–Crippen LogP) is 1.52. The van der Waals surface area contributed by atoms with Crippen molar-refractivity contribution >= 4 is 23.8 Å². The summed E-state index contributed by atoms with van der Waals surface area (Å²) in [6.07, 6.45) is 3.17. The highest BCUT2D eigenvalue weighted by Gasteiger charge is 2.48. The van der Waals surface area contributed by atoms with Gasteiger partial charge in [0.05, 0.1) is 0 Å². The lowest BCUT2D eigenvalue weighted by molar-refractivity contribution is -0.145. The average Bonchev–Trinajstić information content (AvgIpc) is 3.20. The van der Waals surface area contributed by atoms with Crippen molar-refractivity contribution < 1.29 is 23.6 Å². The Bertz CT molecular complexity index is 761. The number of carbonyl (C=O) groups is 4. The molecule has 1 heterocycles. The van der Waals surface area contributed by atoms with Crippen LogP contribution >= 0.6 is 0 Å². The van der Waals surface area contributed by atoms with Crippen molar-refractivity contribution in [3.05, 3.63) is 35.6 Å². The summed E-state index contributed by atoms with van der Waals surface area (Å²) in [5.74, 6) is -2.83. The van der Waals surface area contributed by atoms with Crippen molar-refractivity contribution in [2.75, 3.05) is 13.6 Å². The SMILES string of the molecule is CN(Cc1ccccc1F)C(=O)CN1C(=O)C(=O)N(C2CCCC2)C1=O. The van der Waals surface area contributed by atoms with Gasteiger partial charge in [0.25, 0.3) is 0 Å². The highest BCUT2D eigenvalue weighted by atomic mass is 19.1. The lowest BCUT2D eigenvalue weighted by atomic mass is 10.2. The summed E-state index contributed by atoms with van der Waals surface area (Å²) in [5.41, 5.74) is 0.325. The smallest absolute Gasteiger partial charge is 0.334 e. The Morgan fingerprint density at radius 3 is 2.46 bits per heavy atom. The monoisotopic (exact) mass is 361 g/mol. The van der Waals surface area contributed by atoms with Crippen molar-refractivity contribution in [2.45, 2.75) is 38.3 Å². The molecule has 0 aromatic heterocycles. The van der Waals surface area contributed by atoms with Gasteiger partial charge in [0.2, 0.25) is 5.91 Å². The summed E-state index contributed by atoms with van der Waals surface area (Å²) in [7, 11) is 1.45. The van der Waals surface area contributed by atoms with Crippen LogP contribution in [0.2, 0.25) is 0 Å². The number of benzene rings is 1. The van der Waals surface area contributed by atoms with E-state index in [4.69, 9.17) is 0 Å². The molecule has 0 atom stereocenters. The molecule has 1 aliphatic carbocycles. The molecule has 1 aromatic rings. The summed E-state index contributed by atoms with van der Waals surface area (Å²) in [6.45, 7) is -0.528. The van der Waals surface area contributed by atoms with Crippen molar-refractivity contribution in [1.29, 1.82) is 0 Å². The third-order valence-corrected chi connectivity index (χ3v) is 4.86. The number of nitrogens with zero attached hydrogens (tertiary/aromatic N) is 3. The van der Waals surface area contributed by atoms with Crippen molar-refractivity contribution in [3.63, 3.8) is 0 Å². The van der Waals surface area contributed by atoms with Gasteiger partial charge < -0.3 is 4.90 Å². The van der Waals surface area contributed by atoms with Crippen LogP contribution in [0.1, 0.15) is 31.2 Å². The maximum atomic E-state index is 13.7. The highest BCUT2D eigenvalue weighted by molar-refractivity contribution is 6.45. The van der Waals surface area contributed by atoms with Crippen LogP contribution in [0, 0.1) is 5.82 Å².